The molecule has 0 spiro atoms. The molecule has 9 nitrogen and oxygen atoms in total. The molecule has 2 heterocycles. The number of fused-ring (bicyclic) bond motifs is 1. The van der Waals surface area contributed by atoms with Crippen molar-refractivity contribution in [3.05, 3.63) is 69.0 Å². The minimum Gasteiger partial charge on any atom is -0.407 e. The van der Waals surface area contributed by atoms with Crippen LogP contribution in [-0.2, 0) is 17.9 Å². The molecule has 0 saturated carbocycles. The van der Waals surface area contributed by atoms with Gasteiger partial charge in [-0.25, -0.2) is 4.79 Å². The molecule has 0 radical (unpaired) electrons. The Morgan fingerprint density at radius 2 is 2.14 bits per heavy atom. The molecule has 0 aliphatic carbocycles. The molecule has 0 saturated heterocycles. The number of nitro groups is 1. The molecule has 152 valence electrons. The minimum atomic E-state index is -0.593. The second-order valence-corrected chi connectivity index (χ2v) is 7.01. The number of oxazole rings is 1. The van der Waals surface area contributed by atoms with Gasteiger partial charge in [0.1, 0.15) is 0 Å². The zero-order chi connectivity index (χ0) is 21.0. The van der Waals surface area contributed by atoms with E-state index in [4.69, 9.17) is 4.42 Å². The molecule has 3 aromatic rings. The molecule has 0 fully saturated rings. The van der Waals surface area contributed by atoms with E-state index in [2.05, 4.69) is 4.98 Å². The van der Waals surface area contributed by atoms with E-state index in [1.165, 1.54) is 22.8 Å². The van der Waals surface area contributed by atoms with Crippen LogP contribution in [0.5, 0.6) is 0 Å². The van der Waals surface area contributed by atoms with Crippen molar-refractivity contribution in [3.63, 3.8) is 0 Å². The van der Waals surface area contributed by atoms with E-state index in [0.29, 0.717) is 18.5 Å². The topological polar surface area (TPSA) is 111 Å². The molecular weight excluding hydrogens is 376 g/mol. The molecule has 1 aromatic carbocycles. The number of carbonyl (C=O) groups is 1. The fourth-order valence-electron chi connectivity index (χ4n) is 3.16. The van der Waals surface area contributed by atoms with Gasteiger partial charge in [-0.05, 0) is 38.0 Å². The SMILES string of the molecule is CC(C)N(Cc1cccnc1)C(=O)CCCn1c(=O)oc2cc([N+](=O)[O-])ccc21. The van der Waals surface area contributed by atoms with Gasteiger partial charge in [0, 0.05) is 44.0 Å². The predicted molar refractivity (Wildman–Crippen MR) is 106 cm³/mol. The number of benzene rings is 1. The van der Waals surface area contributed by atoms with Crippen molar-refractivity contribution in [1.82, 2.24) is 14.5 Å². The third-order valence-corrected chi connectivity index (χ3v) is 4.65. The molecule has 9 heteroatoms. The van der Waals surface area contributed by atoms with Crippen LogP contribution in [0.15, 0.2) is 51.9 Å². The summed E-state index contributed by atoms with van der Waals surface area (Å²) >= 11 is 0. The summed E-state index contributed by atoms with van der Waals surface area (Å²) in [4.78, 5) is 41.0. The number of hydrogen-bond donors (Lipinski definition) is 0. The first-order valence-corrected chi connectivity index (χ1v) is 9.33. The molecule has 29 heavy (non-hydrogen) atoms. The number of amides is 1. The number of aryl methyl sites for hydroxylation is 1. The number of pyridine rings is 1. The van der Waals surface area contributed by atoms with E-state index in [9.17, 15) is 19.7 Å². The van der Waals surface area contributed by atoms with Crippen molar-refractivity contribution < 1.29 is 14.1 Å². The second kappa shape index (κ2) is 8.68. The number of nitrogens with zero attached hydrogens (tertiary/aromatic N) is 4. The van der Waals surface area contributed by atoms with Crippen LogP contribution in [0.3, 0.4) is 0 Å². The summed E-state index contributed by atoms with van der Waals surface area (Å²) in [5.41, 5.74) is 1.45. The molecule has 1 amide bonds. The summed E-state index contributed by atoms with van der Waals surface area (Å²) in [6.07, 6.45) is 4.14. The number of rotatable bonds is 8. The molecule has 3 rings (SSSR count). The maximum absolute atomic E-state index is 12.7. The minimum absolute atomic E-state index is 0.0136. The first kappa shape index (κ1) is 20.2. The lowest BCUT2D eigenvalue weighted by Gasteiger charge is -2.27. The molecular formula is C20H22N4O5. The Hall–Kier alpha value is -3.49. The lowest BCUT2D eigenvalue weighted by Crippen LogP contribution is -2.36. The molecule has 0 N–H and O–H groups in total. The van der Waals surface area contributed by atoms with E-state index in [-0.39, 0.29) is 36.2 Å². The van der Waals surface area contributed by atoms with Gasteiger partial charge in [-0.15, -0.1) is 0 Å². The molecule has 0 bridgehead atoms. The van der Waals surface area contributed by atoms with Crippen molar-refractivity contribution in [1.29, 1.82) is 0 Å². The molecule has 0 atom stereocenters. The van der Waals surface area contributed by atoms with Gasteiger partial charge >= 0.3 is 5.76 Å². The van der Waals surface area contributed by atoms with E-state index >= 15 is 0 Å². The average Bonchev–Trinajstić information content (AvgIpc) is 3.01. The van der Waals surface area contributed by atoms with Crippen LogP contribution in [0, 0.1) is 10.1 Å². The second-order valence-electron chi connectivity index (χ2n) is 7.01. The van der Waals surface area contributed by atoms with E-state index < -0.39 is 10.7 Å². The first-order valence-electron chi connectivity index (χ1n) is 9.33. The fourth-order valence-corrected chi connectivity index (χ4v) is 3.16. The van der Waals surface area contributed by atoms with Crippen molar-refractivity contribution in [3.8, 4) is 0 Å². The zero-order valence-corrected chi connectivity index (χ0v) is 16.3. The number of non-ortho nitro benzene ring substituents is 1. The highest BCUT2D eigenvalue weighted by Crippen LogP contribution is 2.20. The van der Waals surface area contributed by atoms with Gasteiger partial charge in [0.05, 0.1) is 16.5 Å². The van der Waals surface area contributed by atoms with Gasteiger partial charge < -0.3 is 9.32 Å². The third kappa shape index (κ3) is 4.68. The van der Waals surface area contributed by atoms with Crippen molar-refractivity contribution in [2.75, 3.05) is 0 Å². The summed E-state index contributed by atoms with van der Waals surface area (Å²) in [7, 11) is 0. The highest BCUT2D eigenvalue weighted by atomic mass is 16.6. The van der Waals surface area contributed by atoms with Crippen LogP contribution in [0.4, 0.5) is 5.69 Å². The van der Waals surface area contributed by atoms with Crippen LogP contribution in [0.2, 0.25) is 0 Å². The summed E-state index contributed by atoms with van der Waals surface area (Å²) in [5.74, 6) is -0.607. The first-order chi connectivity index (χ1) is 13.9. The Kier molecular flexibility index (Phi) is 6.06. The van der Waals surface area contributed by atoms with Crippen LogP contribution in [0.1, 0.15) is 32.3 Å². The van der Waals surface area contributed by atoms with Gasteiger partial charge in [-0.1, -0.05) is 6.07 Å². The Labute approximate surface area is 166 Å². The van der Waals surface area contributed by atoms with Crippen LogP contribution >= 0.6 is 0 Å². The smallest absolute Gasteiger partial charge is 0.407 e. The lowest BCUT2D eigenvalue weighted by molar-refractivity contribution is -0.384. The summed E-state index contributed by atoms with van der Waals surface area (Å²) in [5, 5.41) is 10.9. The Morgan fingerprint density at radius 1 is 1.34 bits per heavy atom. The normalized spacial score (nSPS) is 11.1. The van der Waals surface area contributed by atoms with Crippen LogP contribution in [-0.4, -0.2) is 31.3 Å². The van der Waals surface area contributed by atoms with Crippen LogP contribution in [0.25, 0.3) is 11.1 Å². The highest BCUT2D eigenvalue weighted by Gasteiger charge is 2.18. The maximum Gasteiger partial charge on any atom is 0.419 e. The molecule has 0 unspecified atom stereocenters. The number of hydrogen-bond acceptors (Lipinski definition) is 6. The highest BCUT2D eigenvalue weighted by molar-refractivity contribution is 5.77. The molecule has 2 aromatic heterocycles. The number of carbonyl (C=O) groups excluding carboxylic acids is 1. The van der Waals surface area contributed by atoms with Gasteiger partial charge in [0.25, 0.3) is 5.69 Å². The van der Waals surface area contributed by atoms with E-state index in [1.54, 1.807) is 17.3 Å². The quantitative estimate of drug-likeness (QED) is 0.426. The Morgan fingerprint density at radius 3 is 2.79 bits per heavy atom. The molecule has 0 aliphatic rings. The summed E-state index contributed by atoms with van der Waals surface area (Å²) < 4.78 is 6.51. The van der Waals surface area contributed by atoms with E-state index in [0.717, 1.165) is 5.56 Å². The van der Waals surface area contributed by atoms with Crippen molar-refractivity contribution in [2.45, 2.75) is 45.8 Å². The monoisotopic (exact) mass is 398 g/mol. The number of nitro benzene ring substituents is 1. The van der Waals surface area contributed by atoms with Gasteiger partial charge in [0.15, 0.2) is 5.58 Å². The third-order valence-electron chi connectivity index (χ3n) is 4.65. The Bertz CT molecular complexity index is 1070. The summed E-state index contributed by atoms with van der Waals surface area (Å²) in [6, 6.07) is 7.83. The van der Waals surface area contributed by atoms with Crippen molar-refractivity contribution >= 4 is 22.7 Å². The van der Waals surface area contributed by atoms with Gasteiger partial charge in [-0.2, -0.15) is 0 Å². The van der Waals surface area contributed by atoms with E-state index in [1.807, 2.05) is 26.0 Å². The fraction of sp³-hybridized carbons (Fsp3) is 0.350. The number of aromatic nitrogens is 2. The molecule has 0 aliphatic heterocycles. The van der Waals surface area contributed by atoms with Gasteiger partial charge in [0.2, 0.25) is 5.91 Å². The average molecular weight is 398 g/mol. The maximum atomic E-state index is 12.7. The Balaban J connectivity index is 1.66. The standard InChI is InChI=1S/C20H22N4O5/c1-14(2)23(13-15-5-3-9-21-12-15)19(25)6-4-10-22-17-8-7-16(24(27)28)11-18(17)29-20(22)26/h3,5,7-9,11-12,14H,4,6,10,13H2,1-2H3. The van der Waals surface area contributed by atoms with Crippen LogP contribution < -0.4 is 5.76 Å². The largest absolute Gasteiger partial charge is 0.419 e. The van der Waals surface area contributed by atoms with Gasteiger partial charge in [-0.3, -0.25) is 24.5 Å². The summed E-state index contributed by atoms with van der Waals surface area (Å²) in [6.45, 7) is 4.67. The zero-order valence-electron chi connectivity index (χ0n) is 16.3. The van der Waals surface area contributed by atoms with Crippen molar-refractivity contribution in [2.24, 2.45) is 0 Å². The predicted octanol–water partition coefficient (Wildman–Crippen LogP) is 3.12. The lowest BCUT2D eigenvalue weighted by atomic mass is 10.2.